The van der Waals surface area contributed by atoms with E-state index in [1.165, 1.54) is 5.56 Å². The number of carbonyl (C=O) groups is 1. The summed E-state index contributed by atoms with van der Waals surface area (Å²) in [6, 6.07) is 29.2. The highest BCUT2D eigenvalue weighted by Gasteiger charge is 2.53. The molecule has 0 saturated heterocycles. The van der Waals surface area contributed by atoms with Crippen molar-refractivity contribution >= 4 is 12.0 Å². The van der Waals surface area contributed by atoms with E-state index in [9.17, 15) is 4.79 Å². The van der Waals surface area contributed by atoms with Gasteiger partial charge in [-0.25, -0.2) is 0 Å². The topological polar surface area (TPSA) is 20.3 Å². The first-order valence-corrected chi connectivity index (χ1v) is 9.15. The van der Waals surface area contributed by atoms with Gasteiger partial charge >= 0.3 is 0 Å². The minimum absolute atomic E-state index is 0.223. The predicted octanol–water partition coefficient (Wildman–Crippen LogP) is 4.82. The van der Waals surface area contributed by atoms with Gasteiger partial charge in [-0.05, 0) is 36.6 Å². The summed E-state index contributed by atoms with van der Waals surface area (Å²) in [6.45, 7) is 4.30. The van der Waals surface area contributed by atoms with Crippen molar-refractivity contribution in [3.8, 4) is 0 Å². The van der Waals surface area contributed by atoms with E-state index in [4.69, 9.17) is 0 Å². The summed E-state index contributed by atoms with van der Waals surface area (Å²) in [5.74, 6) is 0. The van der Waals surface area contributed by atoms with Crippen molar-refractivity contribution in [2.75, 3.05) is 4.90 Å². The van der Waals surface area contributed by atoms with Crippen molar-refractivity contribution in [1.29, 1.82) is 0 Å². The van der Waals surface area contributed by atoms with E-state index >= 15 is 0 Å². The maximum atomic E-state index is 12.5. The number of nitrogens with zero attached hydrogens (tertiary/aromatic N) is 1. The monoisotopic (exact) mass is 341 g/mol. The van der Waals surface area contributed by atoms with Crippen LogP contribution in [0.25, 0.3) is 0 Å². The zero-order valence-electron chi connectivity index (χ0n) is 15.2. The molecule has 0 aromatic heterocycles. The molecule has 2 heteroatoms. The van der Waals surface area contributed by atoms with Crippen LogP contribution in [0.4, 0.5) is 5.69 Å². The molecule has 0 aliphatic carbocycles. The van der Waals surface area contributed by atoms with E-state index in [1.54, 1.807) is 0 Å². The largest absolute Gasteiger partial charge is 0.357 e. The van der Waals surface area contributed by atoms with Gasteiger partial charge in [0, 0.05) is 11.7 Å². The Hall–Kier alpha value is -2.87. The smallest absolute Gasteiger partial charge is 0.144 e. The van der Waals surface area contributed by atoms with Gasteiger partial charge in [0.05, 0.1) is 5.41 Å². The van der Waals surface area contributed by atoms with Crippen molar-refractivity contribution in [2.45, 2.75) is 31.3 Å². The third-order valence-electron chi connectivity index (χ3n) is 5.49. The lowest BCUT2D eigenvalue weighted by atomic mass is 9.66. The van der Waals surface area contributed by atoms with Crippen molar-refractivity contribution in [3.05, 3.63) is 102 Å². The average molecular weight is 341 g/mol. The van der Waals surface area contributed by atoms with Gasteiger partial charge in [0.15, 0.2) is 0 Å². The van der Waals surface area contributed by atoms with Crippen molar-refractivity contribution in [3.63, 3.8) is 0 Å². The molecule has 1 aliphatic heterocycles. The number of hydrogen-bond donors (Lipinski definition) is 0. The molecule has 0 saturated carbocycles. The number of carbonyl (C=O) groups excluding carboxylic acids is 1. The highest BCUT2D eigenvalue weighted by Crippen LogP contribution is 2.53. The molecule has 26 heavy (non-hydrogen) atoms. The third-order valence-corrected chi connectivity index (χ3v) is 5.49. The molecule has 0 N–H and O–H groups in total. The average Bonchev–Trinajstić information content (AvgIpc) is 3.00. The molecule has 1 heterocycles. The molecule has 2 nitrogen and oxygen atoms in total. The van der Waals surface area contributed by atoms with Crippen LogP contribution in [0.1, 0.15) is 30.5 Å². The van der Waals surface area contributed by atoms with Crippen LogP contribution in [-0.4, -0.2) is 18.4 Å². The lowest BCUT2D eigenvalue weighted by molar-refractivity contribution is -0.109. The molecule has 0 amide bonds. The zero-order chi connectivity index (χ0) is 18.1. The van der Waals surface area contributed by atoms with E-state index in [0.29, 0.717) is 0 Å². The molecule has 3 aromatic carbocycles. The van der Waals surface area contributed by atoms with E-state index < -0.39 is 5.41 Å². The Bertz CT molecular complexity index is 862. The van der Waals surface area contributed by atoms with Crippen LogP contribution in [0.2, 0.25) is 0 Å². The van der Waals surface area contributed by atoms with E-state index in [2.05, 4.69) is 91.5 Å². The summed E-state index contributed by atoms with van der Waals surface area (Å²) in [5, 5.41) is 0. The number of hydrogen-bond acceptors (Lipinski definition) is 2. The molecule has 1 aliphatic rings. The normalized spacial score (nSPS) is 18.0. The number of rotatable bonds is 4. The Labute approximate surface area is 155 Å². The number of anilines is 1. The molecule has 4 rings (SSSR count). The van der Waals surface area contributed by atoms with Crippen LogP contribution in [-0.2, 0) is 10.2 Å². The minimum atomic E-state index is -0.509. The first kappa shape index (κ1) is 16.6. The quantitative estimate of drug-likeness (QED) is 0.634. The maximum Gasteiger partial charge on any atom is 0.144 e. The number of benzene rings is 3. The molecular formula is C24H23NO. The summed E-state index contributed by atoms with van der Waals surface area (Å²) in [5.41, 5.74) is 4.14. The zero-order valence-corrected chi connectivity index (χ0v) is 15.2. The molecule has 3 aromatic rings. The Morgan fingerprint density at radius 3 is 1.81 bits per heavy atom. The number of aldehydes is 1. The van der Waals surface area contributed by atoms with Crippen LogP contribution in [0.3, 0.4) is 0 Å². The Morgan fingerprint density at radius 2 is 1.31 bits per heavy atom. The maximum absolute atomic E-state index is 12.5. The molecule has 0 fully saturated rings. The third kappa shape index (κ3) is 2.22. The molecule has 0 spiro atoms. The molecule has 0 bridgehead atoms. The number of para-hydroxylation sites is 1. The van der Waals surface area contributed by atoms with Gasteiger partial charge in [-0.15, -0.1) is 0 Å². The molecular weight excluding hydrogens is 318 g/mol. The number of fused-ring (bicyclic) bond motifs is 1. The lowest BCUT2D eigenvalue weighted by Gasteiger charge is -2.39. The van der Waals surface area contributed by atoms with Crippen LogP contribution in [0.15, 0.2) is 84.9 Å². The van der Waals surface area contributed by atoms with E-state index in [0.717, 1.165) is 23.1 Å². The van der Waals surface area contributed by atoms with Crippen LogP contribution in [0.5, 0.6) is 0 Å². The molecule has 0 radical (unpaired) electrons. The Balaban J connectivity index is 2.12. The minimum Gasteiger partial charge on any atom is -0.357 e. The fourth-order valence-electron chi connectivity index (χ4n) is 4.54. The Kier molecular flexibility index (Phi) is 4.12. The molecule has 1 atom stereocenters. The fraction of sp³-hybridized carbons (Fsp3) is 0.208. The van der Waals surface area contributed by atoms with E-state index in [1.807, 2.05) is 12.1 Å². The molecule has 1 unspecified atom stereocenters. The van der Waals surface area contributed by atoms with Gasteiger partial charge in [-0.3, -0.25) is 0 Å². The van der Waals surface area contributed by atoms with Crippen LogP contribution >= 0.6 is 0 Å². The first-order chi connectivity index (χ1) is 12.7. The fourth-order valence-corrected chi connectivity index (χ4v) is 4.54. The lowest BCUT2D eigenvalue weighted by Crippen LogP contribution is -2.50. The van der Waals surface area contributed by atoms with Crippen molar-refractivity contribution in [1.82, 2.24) is 0 Å². The summed E-state index contributed by atoms with van der Waals surface area (Å²) < 4.78 is 0. The van der Waals surface area contributed by atoms with Gasteiger partial charge in [-0.2, -0.15) is 0 Å². The predicted molar refractivity (Wildman–Crippen MR) is 107 cm³/mol. The van der Waals surface area contributed by atoms with Crippen LogP contribution < -0.4 is 4.90 Å². The second-order valence-corrected chi connectivity index (χ2v) is 7.14. The molecule has 130 valence electrons. The second-order valence-electron chi connectivity index (χ2n) is 7.14. The van der Waals surface area contributed by atoms with E-state index in [-0.39, 0.29) is 12.1 Å². The second kappa shape index (κ2) is 6.45. The summed E-state index contributed by atoms with van der Waals surface area (Å²) in [7, 11) is 0. The van der Waals surface area contributed by atoms with Crippen molar-refractivity contribution < 1.29 is 4.79 Å². The summed E-state index contributed by atoms with van der Waals surface area (Å²) >= 11 is 0. The first-order valence-electron chi connectivity index (χ1n) is 9.15. The van der Waals surface area contributed by atoms with Gasteiger partial charge < -0.3 is 9.69 Å². The highest BCUT2D eigenvalue weighted by molar-refractivity contribution is 5.83. The van der Waals surface area contributed by atoms with Gasteiger partial charge in [-0.1, -0.05) is 78.9 Å². The Morgan fingerprint density at radius 1 is 0.808 bits per heavy atom. The highest BCUT2D eigenvalue weighted by atomic mass is 16.1. The van der Waals surface area contributed by atoms with Gasteiger partial charge in [0.25, 0.3) is 0 Å². The summed E-state index contributed by atoms with van der Waals surface area (Å²) in [6.07, 6.45) is 1.12. The summed E-state index contributed by atoms with van der Waals surface area (Å²) in [4.78, 5) is 14.8. The van der Waals surface area contributed by atoms with Crippen molar-refractivity contribution in [2.24, 2.45) is 0 Å². The standard InChI is InChI=1S/C24H23NO/c1-18(2)25-22-16-10-9-15-21(22)24(23(25)17-26,19-11-5-3-6-12-19)20-13-7-4-8-14-20/h3-18,23H,1-2H3. The SMILES string of the molecule is CC(C)N1c2ccccc2C(c2ccccc2)(c2ccccc2)C1C=O. The van der Waals surface area contributed by atoms with Crippen LogP contribution in [0, 0.1) is 0 Å². The van der Waals surface area contributed by atoms with Gasteiger partial charge in [0.2, 0.25) is 0 Å². The van der Waals surface area contributed by atoms with Gasteiger partial charge in [0.1, 0.15) is 12.3 Å².